The smallest absolute Gasteiger partial charge is 0.0960 e. The lowest BCUT2D eigenvalue weighted by atomic mass is 10.2. The molecule has 0 aliphatic carbocycles. The van der Waals surface area contributed by atoms with Gasteiger partial charge in [-0.3, -0.25) is 0 Å². The highest BCUT2D eigenvalue weighted by molar-refractivity contribution is 9.10. The van der Waals surface area contributed by atoms with Crippen molar-refractivity contribution in [3.8, 4) is 0 Å². The molecule has 0 aliphatic rings. The Hall–Kier alpha value is -0.100. The van der Waals surface area contributed by atoms with E-state index in [2.05, 4.69) is 33.2 Å². The first-order chi connectivity index (χ1) is 8.26. The lowest BCUT2D eigenvalue weighted by molar-refractivity contribution is 0.240. The molecule has 0 saturated heterocycles. The van der Waals surface area contributed by atoms with Gasteiger partial charge in [0, 0.05) is 22.5 Å². The van der Waals surface area contributed by atoms with Crippen LogP contribution in [0.2, 0.25) is 0 Å². The van der Waals surface area contributed by atoms with Gasteiger partial charge in [0.1, 0.15) is 0 Å². The fraction of sp³-hybridized carbons (Fsp3) is 0.583. The number of aromatic nitrogens is 1. The van der Waals surface area contributed by atoms with Crippen LogP contribution < -0.4 is 5.32 Å². The van der Waals surface area contributed by atoms with Crippen molar-refractivity contribution in [2.45, 2.75) is 30.8 Å². The zero-order valence-electron chi connectivity index (χ0n) is 10.0. The lowest BCUT2D eigenvalue weighted by Crippen LogP contribution is -2.33. The zero-order valence-corrected chi connectivity index (χ0v) is 12.4. The van der Waals surface area contributed by atoms with Gasteiger partial charge < -0.3 is 10.4 Å². The van der Waals surface area contributed by atoms with E-state index in [0.29, 0.717) is 0 Å². The Labute approximate surface area is 116 Å². The zero-order chi connectivity index (χ0) is 12.5. The van der Waals surface area contributed by atoms with Crippen molar-refractivity contribution in [1.29, 1.82) is 0 Å². The minimum absolute atomic E-state index is 0.203. The fourth-order valence-corrected chi connectivity index (χ4v) is 2.50. The molecule has 0 aliphatic heterocycles. The van der Waals surface area contributed by atoms with E-state index >= 15 is 0 Å². The van der Waals surface area contributed by atoms with Crippen LogP contribution in [0, 0.1) is 0 Å². The predicted molar refractivity (Wildman–Crippen MR) is 76.4 cm³/mol. The normalized spacial score (nSPS) is 12.6. The number of hydrogen-bond donors (Lipinski definition) is 2. The van der Waals surface area contributed by atoms with Gasteiger partial charge in [0.05, 0.1) is 11.6 Å². The van der Waals surface area contributed by atoms with E-state index in [1.807, 2.05) is 12.1 Å². The number of aliphatic hydroxyl groups is 1. The topological polar surface area (TPSA) is 45.1 Å². The Kier molecular flexibility index (Phi) is 7.84. The molecule has 2 N–H and O–H groups in total. The summed E-state index contributed by atoms with van der Waals surface area (Å²) in [6, 6.07) is 4.20. The summed E-state index contributed by atoms with van der Waals surface area (Å²) in [6.07, 6.45) is 3.86. The van der Waals surface area contributed by atoms with Crippen LogP contribution >= 0.6 is 27.7 Å². The first kappa shape index (κ1) is 15.0. The summed E-state index contributed by atoms with van der Waals surface area (Å²) in [5.41, 5.74) is 0. The molecule has 1 rings (SSSR count). The summed E-state index contributed by atoms with van der Waals surface area (Å²) in [5, 5.41) is 13.5. The molecule has 1 aromatic heterocycles. The number of rotatable bonds is 8. The van der Waals surface area contributed by atoms with Gasteiger partial charge in [-0.25, -0.2) is 4.98 Å². The minimum atomic E-state index is 0.203. The van der Waals surface area contributed by atoms with E-state index in [1.54, 1.807) is 18.0 Å². The van der Waals surface area contributed by atoms with E-state index in [4.69, 9.17) is 0 Å². The Morgan fingerprint density at radius 1 is 1.53 bits per heavy atom. The molecule has 1 atom stereocenters. The molecule has 0 amide bonds. The molecule has 17 heavy (non-hydrogen) atoms. The Morgan fingerprint density at radius 2 is 2.35 bits per heavy atom. The van der Waals surface area contributed by atoms with Crippen LogP contribution in [0.4, 0.5) is 0 Å². The standard InChI is InChI=1S/C12H19BrN2OS/c1-2-6-14-11(9-16)5-7-17-12-4-3-10(13)8-15-12/h3-4,8,11,14,16H,2,5-7,9H2,1H3. The predicted octanol–water partition coefficient (Wildman–Crippen LogP) is 2.69. The highest BCUT2D eigenvalue weighted by Gasteiger charge is 2.06. The molecule has 0 bridgehead atoms. The fourth-order valence-electron chi connectivity index (χ4n) is 1.36. The van der Waals surface area contributed by atoms with Gasteiger partial charge >= 0.3 is 0 Å². The van der Waals surface area contributed by atoms with Crippen molar-refractivity contribution in [1.82, 2.24) is 10.3 Å². The maximum absolute atomic E-state index is 9.19. The molecule has 5 heteroatoms. The van der Waals surface area contributed by atoms with Crippen LogP contribution in [0.5, 0.6) is 0 Å². The van der Waals surface area contributed by atoms with Gasteiger partial charge in [0.2, 0.25) is 0 Å². The number of halogens is 1. The molecule has 96 valence electrons. The summed E-state index contributed by atoms with van der Waals surface area (Å²) < 4.78 is 1.000. The van der Waals surface area contributed by atoms with E-state index in [-0.39, 0.29) is 12.6 Å². The van der Waals surface area contributed by atoms with Crippen LogP contribution in [0.1, 0.15) is 19.8 Å². The summed E-state index contributed by atoms with van der Waals surface area (Å²) in [7, 11) is 0. The number of hydrogen-bond acceptors (Lipinski definition) is 4. The molecule has 0 aromatic carbocycles. The van der Waals surface area contributed by atoms with Crippen molar-refractivity contribution in [2.75, 3.05) is 18.9 Å². The third kappa shape index (κ3) is 6.41. The Bertz CT molecular complexity index is 308. The number of nitrogens with zero attached hydrogens (tertiary/aromatic N) is 1. The summed E-state index contributed by atoms with van der Waals surface area (Å²) >= 11 is 5.08. The van der Waals surface area contributed by atoms with Crippen molar-refractivity contribution >= 4 is 27.7 Å². The summed E-state index contributed by atoms with van der Waals surface area (Å²) in [4.78, 5) is 4.30. The van der Waals surface area contributed by atoms with Gasteiger partial charge in [0.15, 0.2) is 0 Å². The Balaban J connectivity index is 2.23. The lowest BCUT2D eigenvalue weighted by Gasteiger charge is -2.15. The molecule has 1 heterocycles. The van der Waals surface area contributed by atoms with E-state index < -0.39 is 0 Å². The van der Waals surface area contributed by atoms with Gasteiger partial charge in [-0.1, -0.05) is 6.92 Å². The van der Waals surface area contributed by atoms with E-state index in [1.165, 1.54) is 0 Å². The maximum atomic E-state index is 9.19. The highest BCUT2D eigenvalue weighted by atomic mass is 79.9. The second-order valence-electron chi connectivity index (χ2n) is 3.79. The minimum Gasteiger partial charge on any atom is -0.395 e. The van der Waals surface area contributed by atoms with Crippen LogP contribution in [0.15, 0.2) is 27.8 Å². The second-order valence-corrected chi connectivity index (χ2v) is 5.82. The molecular weight excluding hydrogens is 300 g/mol. The molecule has 0 fully saturated rings. The average Bonchev–Trinajstić information content (AvgIpc) is 2.36. The third-order valence-electron chi connectivity index (χ3n) is 2.32. The van der Waals surface area contributed by atoms with Crippen LogP contribution in [0.3, 0.4) is 0 Å². The van der Waals surface area contributed by atoms with Gasteiger partial charge in [-0.05, 0) is 47.4 Å². The molecule has 0 spiro atoms. The number of aliphatic hydroxyl groups excluding tert-OH is 1. The maximum Gasteiger partial charge on any atom is 0.0960 e. The van der Waals surface area contributed by atoms with Gasteiger partial charge in [-0.15, -0.1) is 11.8 Å². The molecule has 1 unspecified atom stereocenters. The monoisotopic (exact) mass is 318 g/mol. The van der Waals surface area contributed by atoms with Gasteiger partial charge in [-0.2, -0.15) is 0 Å². The van der Waals surface area contributed by atoms with Crippen molar-refractivity contribution in [3.05, 3.63) is 22.8 Å². The van der Waals surface area contributed by atoms with Crippen LogP contribution in [-0.2, 0) is 0 Å². The summed E-state index contributed by atoms with van der Waals surface area (Å²) in [5.74, 6) is 0.969. The first-order valence-electron chi connectivity index (χ1n) is 5.85. The highest BCUT2D eigenvalue weighted by Crippen LogP contribution is 2.18. The number of nitrogens with one attached hydrogen (secondary N) is 1. The molecule has 3 nitrogen and oxygen atoms in total. The molecular formula is C12H19BrN2OS. The quantitative estimate of drug-likeness (QED) is 0.723. The third-order valence-corrected chi connectivity index (χ3v) is 3.77. The van der Waals surface area contributed by atoms with Crippen molar-refractivity contribution < 1.29 is 5.11 Å². The van der Waals surface area contributed by atoms with Crippen LogP contribution in [0.25, 0.3) is 0 Å². The SMILES string of the molecule is CCCNC(CO)CCSc1ccc(Br)cn1. The molecule has 0 radical (unpaired) electrons. The summed E-state index contributed by atoms with van der Waals surface area (Å²) in [6.45, 7) is 3.29. The average molecular weight is 319 g/mol. The molecule has 0 saturated carbocycles. The molecule has 1 aromatic rings. The largest absolute Gasteiger partial charge is 0.395 e. The second kappa shape index (κ2) is 8.91. The van der Waals surface area contributed by atoms with Crippen molar-refractivity contribution in [3.63, 3.8) is 0 Å². The number of pyridine rings is 1. The van der Waals surface area contributed by atoms with E-state index in [9.17, 15) is 5.11 Å². The number of thioether (sulfide) groups is 1. The van der Waals surface area contributed by atoms with Crippen molar-refractivity contribution in [2.24, 2.45) is 0 Å². The van der Waals surface area contributed by atoms with Gasteiger partial charge in [0.25, 0.3) is 0 Å². The Morgan fingerprint density at radius 3 is 2.94 bits per heavy atom. The van der Waals surface area contributed by atoms with Crippen LogP contribution in [-0.4, -0.2) is 35.0 Å². The first-order valence-corrected chi connectivity index (χ1v) is 7.62. The van der Waals surface area contributed by atoms with E-state index in [0.717, 1.165) is 34.6 Å².